The third kappa shape index (κ3) is 2.83. The Bertz CT molecular complexity index is 546. The summed E-state index contributed by atoms with van der Waals surface area (Å²) < 4.78 is 11.2. The van der Waals surface area contributed by atoms with E-state index in [2.05, 4.69) is 6.92 Å². The van der Waals surface area contributed by atoms with Crippen LogP contribution in [0.3, 0.4) is 0 Å². The fourth-order valence-electron chi connectivity index (χ4n) is 2.84. The van der Waals surface area contributed by atoms with Crippen molar-refractivity contribution in [2.45, 2.75) is 19.8 Å². The molecule has 1 saturated heterocycles. The first-order valence-corrected chi connectivity index (χ1v) is 7.50. The maximum Gasteiger partial charge on any atom is 0.254 e. The SMILES string of the molecule is CC1(CN)CCN(C(=O)c2ccc3c(c2)OCCCO3)C1. The van der Waals surface area contributed by atoms with Crippen molar-refractivity contribution >= 4 is 5.91 Å². The Morgan fingerprint density at radius 1 is 1.33 bits per heavy atom. The lowest BCUT2D eigenvalue weighted by Crippen LogP contribution is -2.34. The first-order chi connectivity index (χ1) is 10.1. The molecule has 2 N–H and O–H groups in total. The van der Waals surface area contributed by atoms with E-state index in [-0.39, 0.29) is 11.3 Å². The van der Waals surface area contributed by atoms with Crippen LogP contribution in [0.15, 0.2) is 18.2 Å². The third-order valence-corrected chi connectivity index (χ3v) is 4.33. The van der Waals surface area contributed by atoms with Crippen molar-refractivity contribution in [1.82, 2.24) is 4.90 Å². The molecular weight excluding hydrogens is 268 g/mol. The first kappa shape index (κ1) is 14.2. The monoisotopic (exact) mass is 290 g/mol. The molecule has 1 atom stereocenters. The van der Waals surface area contributed by atoms with Crippen molar-refractivity contribution < 1.29 is 14.3 Å². The van der Waals surface area contributed by atoms with Gasteiger partial charge in [0.25, 0.3) is 5.91 Å². The van der Waals surface area contributed by atoms with Gasteiger partial charge >= 0.3 is 0 Å². The smallest absolute Gasteiger partial charge is 0.254 e. The average molecular weight is 290 g/mol. The van der Waals surface area contributed by atoms with E-state index in [1.807, 2.05) is 17.0 Å². The molecule has 1 fully saturated rings. The molecule has 2 aliphatic rings. The Morgan fingerprint density at radius 3 is 2.81 bits per heavy atom. The molecule has 3 rings (SSSR count). The lowest BCUT2D eigenvalue weighted by molar-refractivity contribution is 0.0776. The summed E-state index contributed by atoms with van der Waals surface area (Å²) in [7, 11) is 0. The van der Waals surface area contributed by atoms with Gasteiger partial charge in [-0.05, 0) is 36.6 Å². The minimum atomic E-state index is 0.0426. The number of benzene rings is 1. The Labute approximate surface area is 125 Å². The number of carbonyl (C=O) groups excluding carboxylic acids is 1. The van der Waals surface area contributed by atoms with Crippen molar-refractivity contribution in [3.05, 3.63) is 23.8 Å². The molecule has 0 aliphatic carbocycles. The fourth-order valence-corrected chi connectivity index (χ4v) is 2.84. The number of carbonyl (C=O) groups is 1. The van der Waals surface area contributed by atoms with E-state index in [4.69, 9.17) is 15.2 Å². The van der Waals surface area contributed by atoms with E-state index in [0.717, 1.165) is 31.7 Å². The molecule has 114 valence electrons. The van der Waals surface area contributed by atoms with Gasteiger partial charge in [-0.2, -0.15) is 0 Å². The lowest BCUT2D eigenvalue weighted by atomic mass is 9.90. The molecule has 0 aromatic heterocycles. The van der Waals surface area contributed by atoms with Gasteiger partial charge in [0.2, 0.25) is 0 Å². The van der Waals surface area contributed by atoms with Gasteiger partial charge in [0.15, 0.2) is 11.5 Å². The van der Waals surface area contributed by atoms with Crippen LogP contribution in [0.4, 0.5) is 0 Å². The maximum absolute atomic E-state index is 12.6. The van der Waals surface area contributed by atoms with Crippen molar-refractivity contribution in [3.63, 3.8) is 0 Å². The van der Waals surface area contributed by atoms with Crippen LogP contribution >= 0.6 is 0 Å². The zero-order chi connectivity index (χ0) is 14.9. The van der Waals surface area contributed by atoms with Crippen LogP contribution in [0.25, 0.3) is 0 Å². The molecular formula is C16H22N2O3. The van der Waals surface area contributed by atoms with Crippen LogP contribution in [0.1, 0.15) is 30.1 Å². The number of hydrogen-bond donors (Lipinski definition) is 1. The number of rotatable bonds is 2. The van der Waals surface area contributed by atoms with Gasteiger partial charge in [-0.15, -0.1) is 0 Å². The predicted molar refractivity (Wildman–Crippen MR) is 79.7 cm³/mol. The minimum absolute atomic E-state index is 0.0426. The van der Waals surface area contributed by atoms with E-state index in [1.54, 1.807) is 6.07 Å². The molecule has 0 bridgehead atoms. The van der Waals surface area contributed by atoms with Crippen LogP contribution in [-0.2, 0) is 0 Å². The number of hydrogen-bond acceptors (Lipinski definition) is 4. The lowest BCUT2D eigenvalue weighted by Gasteiger charge is -2.22. The van der Waals surface area contributed by atoms with Crippen molar-refractivity contribution in [2.24, 2.45) is 11.1 Å². The Morgan fingerprint density at radius 2 is 2.10 bits per heavy atom. The van der Waals surface area contributed by atoms with Gasteiger partial charge in [-0.25, -0.2) is 0 Å². The Hall–Kier alpha value is -1.75. The first-order valence-electron chi connectivity index (χ1n) is 7.50. The van der Waals surface area contributed by atoms with Gasteiger partial charge in [0, 0.05) is 25.1 Å². The highest BCUT2D eigenvalue weighted by Crippen LogP contribution is 2.33. The highest BCUT2D eigenvalue weighted by Gasteiger charge is 2.35. The number of likely N-dealkylation sites (tertiary alicyclic amines) is 1. The maximum atomic E-state index is 12.6. The molecule has 0 spiro atoms. The van der Waals surface area contributed by atoms with Gasteiger partial charge in [-0.3, -0.25) is 4.79 Å². The second-order valence-corrected chi connectivity index (χ2v) is 6.20. The van der Waals surface area contributed by atoms with Gasteiger partial charge < -0.3 is 20.1 Å². The zero-order valence-corrected chi connectivity index (χ0v) is 12.4. The highest BCUT2D eigenvalue weighted by atomic mass is 16.5. The van der Waals surface area contributed by atoms with E-state index in [1.165, 1.54) is 0 Å². The average Bonchev–Trinajstić information content (AvgIpc) is 2.75. The molecule has 2 heterocycles. The summed E-state index contributed by atoms with van der Waals surface area (Å²) in [6, 6.07) is 5.43. The number of nitrogens with two attached hydrogens (primary N) is 1. The normalized spacial score (nSPS) is 24.8. The van der Waals surface area contributed by atoms with Crippen LogP contribution in [0.2, 0.25) is 0 Å². The molecule has 0 saturated carbocycles. The minimum Gasteiger partial charge on any atom is -0.490 e. The predicted octanol–water partition coefficient (Wildman–Crippen LogP) is 1.66. The molecule has 0 radical (unpaired) electrons. The number of nitrogens with zero attached hydrogens (tertiary/aromatic N) is 1. The molecule has 1 amide bonds. The summed E-state index contributed by atoms with van der Waals surface area (Å²) >= 11 is 0. The topological polar surface area (TPSA) is 64.8 Å². The van der Waals surface area contributed by atoms with E-state index >= 15 is 0 Å². The van der Waals surface area contributed by atoms with Crippen LogP contribution in [0, 0.1) is 5.41 Å². The number of fused-ring (bicyclic) bond motifs is 1. The second kappa shape index (κ2) is 5.56. The summed E-state index contributed by atoms with van der Waals surface area (Å²) in [5.41, 5.74) is 6.50. The Kier molecular flexibility index (Phi) is 3.76. The van der Waals surface area contributed by atoms with Crippen LogP contribution in [-0.4, -0.2) is 43.7 Å². The molecule has 5 nitrogen and oxygen atoms in total. The van der Waals surface area contributed by atoms with E-state index in [0.29, 0.717) is 31.1 Å². The Balaban J connectivity index is 1.78. The zero-order valence-electron chi connectivity index (χ0n) is 12.4. The quantitative estimate of drug-likeness (QED) is 0.899. The van der Waals surface area contributed by atoms with E-state index < -0.39 is 0 Å². The van der Waals surface area contributed by atoms with Gasteiger partial charge in [0.05, 0.1) is 13.2 Å². The van der Waals surface area contributed by atoms with Crippen molar-refractivity contribution in [3.8, 4) is 11.5 Å². The summed E-state index contributed by atoms with van der Waals surface area (Å²) in [5.74, 6) is 1.43. The largest absolute Gasteiger partial charge is 0.490 e. The molecule has 21 heavy (non-hydrogen) atoms. The fraction of sp³-hybridized carbons (Fsp3) is 0.562. The van der Waals surface area contributed by atoms with Crippen molar-refractivity contribution in [2.75, 3.05) is 32.8 Å². The standard InChI is InChI=1S/C16H22N2O3/c1-16(10-17)5-6-18(11-16)15(19)12-3-4-13-14(9-12)21-8-2-7-20-13/h3-4,9H,2,5-8,10-11,17H2,1H3. The molecule has 1 aromatic carbocycles. The summed E-state index contributed by atoms with van der Waals surface area (Å²) in [6.07, 6.45) is 1.82. The molecule has 5 heteroatoms. The second-order valence-electron chi connectivity index (χ2n) is 6.20. The summed E-state index contributed by atoms with van der Waals surface area (Å²) in [6.45, 7) is 5.50. The van der Waals surface area contributed by atoms with E-state index in [9.17, 15) is 4.79 Å². The molecule has 2 aliphatic heterocycles. The number of amides is 1. The third-order valence-electron chi connectivity index (χ3n) is 4.33. The highest BCUT2D eigenvalue weighted by molar-refractivity contribution is 5.95. The number of ether oxygens (including phenoxy) is 2. The molecule has 1 aromatic rings. The summed E-state index contributed by atoms with van der Waals surface area (Å²) in [4.78, 5) is 14.5. The van der Waals surface area contributed by atoms with Gasteiger partial charge in [-0.1, -0.05) is 6.92 Å². The van der Waals surface area contributed by atoms with Crippen LogP contribution < -0.4 is 15.2 Å². The molecule has 1 unspecified atom stereocenters. The van der Waals surface area contributed by atoms with Crippen LogP contribution in [0.5, 0.6) is 11.5 Å². The van der Waals surface area contributed by atoms with Gasteiger partial charge in [0.1, 0.15) is 0 Å². The van der Waals surface area contributed by atoms with Crippen molar-refractivity contribution in [1.29, 1.82) is 0 Å². The summed E-state index contributed by atoms with van der Waals surface area (Å²) in [5, 5.41) is 0.